The predicted molar refractivity (Wildman–Crippen MR) is 64.2 cm³/mol. The standard InChI is InChI=1S/C13H14OS/c1-10-3-2-4-12(7-10)13(14)8-11-5-6-15-9-11/h2-7,9,13-14H,8H2,1H3. The Balaban J connectivity index is 2.11. The van der Waals surface area contributed by atoms with Gasteiger partial charge in [0.05, 0.1) is 6.10 Å². The first-order valence-corrected chi connectivity index (χ1v) is 5.95. The van der Waals surface area contributed by atoms with Gasteiger partial charge in [0.1, 0.15) is 0 Å². The molecule has 2 heteroatoms. The summed E-state index contributed by atoms with van der Waals surface area (Å²) in [5.41, 5.74) is 3.40. The molecule has 0 aliphatic heterocycles. The highest BCUT2D eigenvalue weighted by Gasteiger charge is 2.08. The van der Waals surface area contributed by atoms with Gasteiger partial charge in [0.15, 0.2) is 0 Å². The lowest BCUT2D eigenvalue weighted by Gasteiger charge is -2.10. The lowest BCUT2D eigenvalue weighted by Crippen LogP contribution is -2.00. The van der Waals surface area contributed by atoms with Crippen LogP contribution in [0, 0.1) is 6.92 Å². The van der Waals surface area contributed by atoms with Crippen LogP contribution in [0.4, 0.5) is 0 Å². The largest absolute Gasteiger partial charge is 0.388 e. The summed E-state index contributed by atoms with van der Waals surface area (Å²) in [4.78, 5) is 0. The summed E-state index contributed by atoms with van der Waals surface area (Å²) < 4.78 is 0. The first-order chi connectivity index (χ1) is 7.25. The minimum Gasteiger partial charge on any atom is -0.388 e. The molecule has 15 heavy (non-hydrogen) atoms. The molecule has 0 fully saturated rings. The first kappa shape index (κ1) is 10.4. The maximum absolute atomic E-state index is 10.0. The molecule has 78 valence electrons. The van der Waals surface area contributed by atoms with Gasteiger partial charge < -0.3 is 5.11 Å². The fourth-order valence-corrected chi connectivity index (χ4v) is 2.31. The highest BCUT2D eigenvalue weighted by Crippen LogP contribution is 2.20. The Morgan fingerprint density at radius 2 is 2.20 bits per heavy atom. The second kappa shape index (κ2) is 4.60. The fourth-order valence-electron chi connectivity index (χ4n) is 1.63. The Bertz CT molecular complexity index is 420. The Morgan fingerprint density at radius 3 is 2.87 bits per heavy atom. The summed E-state index contributed by atoms with van der Waals surface area (Å²) in [6.07, 6.45) is 0.312. The summed E-state index contributed by atoms with van der Waals surface area (Å²) in [5, 5.41) is 14.1. The summed E-state index contributed by atoms with van der Waals surface area (Å²) in [6, 6.07) is 10.1. The monoisotopic (exact) mass is 218 g/mol. The van der Waals surface area contributed by atoms with Crippen LogP contribution in [0.2, 0.25) is 0 Å². The molecule has 1 aromatic heterocycles. The van der Waals surface area contributed by atoms with Gasteiger partial charge in [0.2, 0.25) is 0 Å². The van der Waals surface area contributed by atoms with Crippen LogP contribution in [0.5, 0.6) is 0 Å². The zero-order valence-electron chi connectivity index (χ0n) is 8.68. The van der Waals surface area contributed by atoms with Gasteiger partial charge in [-0.25, -0.2) is 0 Å². The third kappa shape index (κ3) is 2.67. The highest BCUT2D eigenvalue weighted by molar-refractivity contribution is 7.07. The third-order valence-corrected chi connectivity index (χ3v) is 3.17. The molecule has 0 aliphatic carbocycles. The van der Waals surface area contributed by atoms with Crippen LogP contribution in [0.15, 0.2) is 41.1 Å². The number of aliphatic hydroxyl groups is 1. The number of rotatable bonds is 3. The Labute approximate surface area is 94.0 Å². The summed E-state index contributed by atoms with van der Waals surface area (Å²) in [5.74, 6) is 0. The number of thiophene rings is 1. The molecule has 0 bridgehead atoms. The smallest absolute Gasteiger partial charge is 0.0830 e. The van der Waals surface area contributed by atoms with Gasteiger partial charge in [-0.1, -0.05) is 29.8 Å². The third-order valence-electron chi connectivity index (χ3n) is 2.44. The average molecular weight is 218 g/mol. The van der Waals surface area contributed by atoms with E-state index in [-0.39, 0.29) is 6.10 Å². The van der Waals surface area contributed by atoms with E-state index in [0.717, 1.165) is 5.56 Å². The average Bonchev–Trinajstić information content (AvgIpc) is 2.70. The molecule has 0 spiro atoms. The molecule has 2 aromatic rings. The van der Waals surface area contributed by atoms with E-state index >= 15 is 0 Å². The van der Waals surface area contributed by atoms with Crippen LogP contribution in [-0.4, -0.2) is 5.11 Å². The molecular formula is C13H14OS. The highest BCUT2D eigenvalue weighted by atomic mass is 32.1. The lowest BCUT2D eigenvalue weighted by atomic mass is 10.0. The van der Waals surface area contributed by atoms with Crippen molar-refractivity contribution in [1.29, 1.82) is 0 Å². The van der Waals surface area contributed by atoms with Crippen LogP contribution in [-0.2, 0) is 6.42 Å². The molecule has 1 aromatic carbocycles. The summed E-state index contributed by atoms with van der Waals surface area (Å²) >= 11 is 1.67. The van der Waals surface area contributed by atoms with Gasteiger partial charge in [-0.3, -0.25) is 0 Å². The quantitative estimate of drug-likeness (QED) is 0.837. The van der Waals surface area contributed by atoms with Crippen LogP contribution in [0.25, 0.3) is 0 Å². The van der Waals surface area contributed by atoms with Crippen molar-refractivity contribution >= 4 is 11.3 Å². The molecule has 0 radical (unpaired) electrons. The SMILES string of the molecule is Cc1cccc(C(O)Cc2ccsc2)c1. The van der Waals surface area contributed by atoms with Crippen molar-refractivity contribution in [3.05, 3.63) is 57.8 Å². The second-order valence-corrected chi connectivity index (χ2v) is 4.55. The maximum Gasteiger partial charge on any atom is 0.0830 e. The van der Waals surface area contributed by atoms with Crippen molar-refractivity contribution in [3.63, 3.8) is 0 Å². The van der Waals surface area contributed by atoms with E-state index in [2.05, 4.69) is 11.4 Å². The van der Waals surface area contributed by atoms with Crippen LogP contribution in [0.1, 0.15) is 22.8 Å². The summed E-state index contributed by atoms with van der Waals surface area (Å²) in [6.45, 7) is 2.04. The minimum atomic E-state index is -0.389. The summed E-state index contributed by atoms with van der Waals surface area (Å²) in [7, 11) is 0. The Hall–Kier alpha value is -1.12. The van der Waals surface area contributed by atoms with Gasteiger partial charge in [-0.15, -0.1) is 0 Å². The number of hydrogen-bond donors (Lipinski definition) is 1. The van der Waals surface area contributed by atoms with Crippen molar-refractivity contribution in [2.45, 2.75) is 19.4 Å². The van der Waals surface area contributed by atoms with E-state index < -0.39 is 0 Å². The zero-order chi connectivity index (χ0) is 10.7. The van der Waals surface area contributed by atoms with Crippen LogP contribution in [0.3, 0.4) is 0 Å². The molecule has 0 saturated heterocycles. The number of aliphatic hydroxyl groups excluding tert-OH is 1. The van der Waals surface area contributed by atoms with E-state index in [1.165, 1.54) is 11.1 Å². The molecule has 0 amide bonds. The Kier molecular flexibility index (Phi) is 3.19. The normalized spacial score (nSPS) is 12.7. The van der Waals surface area contributed by atoms with Crippen LogP contribution < -0.4 is 0 Å². The predicted octanol–water partition coefficient (Wildman–Crippen LogP) is 3.33. The van der Waals surface area contributed by atoms with Gasteiger partial charge in [0.25, 0.3) is 0 Å². The fraction of sp³-hybridized carbons (Fsp3) is 0.231. The van der Waals surface area contributed by atoms with Crippen molar-refractivity contribution in [2.75, 3.05) is 0 Å². The Morgan fingerprint density at radius 1 is 1.33 bits per heavy atom. The maximum atomic E-state index is 10.0. The molecule has 1 nitrogen and oxygen atoms in total. The molecular weight excluding hydrogens is 204 g/mol. The molecule has 1 N–H and O–H groups in total. The first-order valence-electron chi connectivity index (χ1n) is 5.01. The van der Waals surface area contributed by atoms with E-state index in [4.69, 9.17) is 0 Å². The van der Waals surface area contributed by atoms with E-state index in [0.29, 0.717) is 6.42 Å². The van der Waals surface area contributed by atoms with Crippen molar-refractivity contribution in [2.24, 2.45) is 0 Å². The zero-order valence-corrected chi connectivity index (χ0v) is 9.50. The number of aryl methyl sites for hydroxylation is 1. The molecule has 1 heterocycles. The second-order valence-electron chi connectivity index (χ2n) is 3.77. The van der Waals surface area contributed by atoms with Gasteiger partial charge >= 0.3 is 0 Å². The van der Waals surface area contributed by atoms with E-state index in [1.54, 1.807) is 11.3 Å². The molecule has 2 rings (SSSR count). The van der Waals surface area contributed by atoms with Gasteiger partial charge in [-0.05, 0) is 34.9 Å². The topological polar surface area (TPSA) is 20.2 Å². The van der Waals surface area contributed by atoms with E-state index in [1.807, 2.05) is 36.6 Å². The van der Waals surface area contributed by atoms with Gasteiger partial charge in [0, 0.05) is 6.42 Å². The molecule has 0 saturated carbocycles. The van der Waals surface area contributed by atoms with E-state index in [9.17, 15) is 5.11 Å². The molecule has 1 unspecified atom stereocenters. The molecule has 1 atom stereocenters. The molecule has 0 aliphatic rings. The van der Waals surface area contributed by atoms with Gasteiger partial charge in [-0.2, -0.15) is 11.3 Å². The van der Waals surface area contributed by atoms with Crippen molar-refractivity contribution < 1.29 is 5.11 Å². The lowest BCUT2D eigenvalue weighted by molar-refractivity contribution is 0.178. The van der Waals surface area contributed by atoms with Crippen LogP contribution >= 0.6 is 11.3 Å². The van der Waals surface area contributed by atoms with Crippen molar-refractivity contribution in [3.8, 4) is 0 Å². The number of hydrogen-bond acceptors (Lipinski definition) is 2. The number of benzene rings is 1. The minimum absolute atomic E-state index is 0.389. The van der Waals surface area contributed by atoms with Crippen molar-refractivity contribution in [1.82, 2.24) is 0 Å².